The van der Waals surface area contributed by atoms with Crippen molar-refractivity contribution in [2.24, 2.45) is 0 Å². The maximum atomic E-state index is 12.6. The van der Waals surface area contributed by atoms with Crippen molar-refractivity contribution in [3.8, 4) is 0 Å². The van der Waals surface area contributed by atoms with Gasteiger partial charge in [-0.15, -0.1) is 0 Å². The molecular weight excluding hydrogens is 677 g/mol. The lowest BCUT2D eigenvalue weighted by Crippen LogP contribution is -2.29. The second-order valence-electron chi connectivity index (χ2n) is 12.7. The summed E-state index contributed by atoms with van der Waals surface area (Å²) < 4.78 is 33.1. The maximum absolute atomic E-state index is 12.6. The van der Waals surface area contributed by atoms with Crippen molar-refractivity contribution in [3.05, 3.63) is 72.9 Å². The lowest BCUT2D eigenvalue weighted by Gasteiger charge is -2.20. The molecule has 298 valence electrons. The highest BCUT2D eigenvalue weighted by Gasteiger charge is 2.26. The van der Waals surface area contributed by atoms with E-state index < -0.39 is 32.5 Å². The molecule has 0 spiro atoms. The van der Waals surface area contributed by atoms with Crippen LogP contribution in [-0.4, -0.2) is 56.3 Å². The van der Waals surface area contributed by atoms with Gasteiger partial charge in [0, 0.05) is 19.4 Å². The van der Waals surface area contributed by atoms with Crippen LogP contribution in [0.2, 0.25) is 0 Å². The number of rotatable bonds is 36. The standard InChI is InChI=1S/C42H72NO8P/c1-4-6-8-10-12-14-16-18-20-22-24-26-28-30-32-34-41(44)48-38-40(39-50-52(46,47)49-37-36-43-3)51-42(45)35-33-31-29-27-25-23-21-19-17-15-13-11-9-7-5-2/h6-9,12-15,18-21,40,43H,4-5,10-11,16-17,22-39H2,1-3H3,(H,46,47)/b8-6-,9-7-,14-12-,15-13-,20-18-,21-19-. The first-order chi connectivity index (χ1) is 25.3. The lowest BCUT2D eigenvalue weighted by atomic mass is 10.1. The summed E-state index contributed by atoms with van der Waals surface area (Å²) in [7, 11) is -2.67. The van der Waals surface area contributed by atoms with E-state index in [-0.39, 0.29) is 26.1 Å². The van der Waals surface area contributed by atoms with Crippen LogP contribution in [-0.2, 0) is 32.7 Å². The number of likely N-dealkylation sites (N-methyl/N-ethyl adjacent to an activating group) is 1. The topological polar surface area (TPSA) is 120 Å². The van der Waals surface area contributed by atoms with Gasteiger partial charge in [0.05, 0.1) is 13.2 Å². The van der Waals surface area contributed by atoms with Crippen molar-refractivity contribution < 1.29 is 37.6 Å². The Morgan fingerprint density at radius 3 is 1.54 bits per heavy atom. The summed E-state index contributed by atoms with van der Waals surface area (Å²) in [4.78, 5) is 35.0. The second-order valence-corrected chi connectivity index (χ2v) is 14.2. The van der Waals surface area contributed by atoms with Gasteiger partial charge >= 0.3 is 19.8 Å². The first kappa shape index (κ1) is 49.5. The molecule has 0 saturated carbocycles. The first-order valence-corrected chi connectivity index (χ1v) is 21.4. The van der Waals surface area contributed by atoms with Gasteiger partial charge in [0.2, 0.25) is 0 Å². The molecule has 9 nitrogen and oxygen atoms in total. The molecule has 0 bridgehead atoms. The van der Waals surface area contributed by atoms with Crippen LogP contribution in [0.1, 0.15) is 142 Å². The van der Waals surface area contributed by atoms with Crippen LogP contribution >= 0.6 is 7.82 Å². The third-order valence-electron chi connectivity index (χ3n) is 7.82. The Hall–Kier alpha value is -2.55. The number of phosphoric ester groups is 1. The fourth-order valence-corrected chi connectivity index (χ4v) is 5.62. The minimum Gasteiger partial charge on any atom is -0.462 e. The number of phosphoric acid groups is 1. The fourth-order valence-electron chi connectivity index (χ4n) is 4.87. The Balaban J connectivity index is 4.34. The van der Waals surface area contributed by atoms with Crippen LogP contribution in [0.15, 0.2) is 72.9 Å². The number of nitrogens with one attached hydrogen (secondary N) is 1. The minimum absolute atomic E-state index is 0.0275. The van der Waals surface area contributed by atoms with Crippen LogP contribution in [0.4, 0.5) is 0 Å². The van der Waals surface area contributed by atoms with E-state index in [0.29, 0.717) is 19.4 Å². The summed E-state index contributed by atoms with van der Waals surface area (Å²) in [6, 6.07) is 0. The molecule has 0 heterocycles. The third-order valence-corrected chi connectivity index (χ3v) is 8.81. The van der Waals surface area contributed by atoms with Gasteiger partial charge in [0.1, 0.15) is 6.61 Å². The summed E-state index contributed by atoms with van der Waals surface area (Å²) in [5.41, 5.74) is 0. The molecule has 52 heavy (non-hydrogen) atoms. The van der Waals surface area contributed by atoms with Gasteiger partial charge in [-0.2, -0.15) is 0 Å². The van der Waals surface area contributed by atoms with Gasteiger partial charge in [-0.3, -0.25) is 18.6 Å². The molecule has 2 unspecified atom stereocenters. The van der Waals surface area contributed by atoms with Gasteiger partial charge < -0.3 is 19.7 Å². The summed E-state index contributed by atoms with van der Waals surface area (Å²) in [5, 5.41) is 2.81. The average molecular weight is 750 g/mol. The molecule has 0 rings (SSSR count). The normalized spacial score (nSPS) is 14.2. The number of hydrogen-bond donors (Lipinski definition) is 2. The van der Waals surface area contributed by atoms with Crippen molar-refractivity contribution >= 4 is 19.8 Å². The molecule has 0 aromatic carbocycles. The number of carbonyl (C=O) groups is 2. The van der Waals surface area contributed by atoms with Crippen LogP contribution in [0.5, 0.6) is 0 Å². The van der Waals surface area contributed by atoms with E-state index >= 15 is 0 Å². The molecule has 0 aromatic heterocycles. The van der Waals surface area contributed by atoms with E-state index in [4.69, 9.17) is 18.5 Å². The molecule has 0 aromatic rings. The van der Waals surface area contributed by atoms with Crippen molar-refractivity contribution in [2.75, 3.05) is 33.4 Å². The van der Waals surface area contributed by atoms with E-state index in [2.05, 4.69) is 92.1 Å². The van der Waals surface area contributed by atoms with Crippen molar-refractivity contribution in [2.45, 2.75) is 148 Å². The highest BCUT2D eigenvalue weighted by molar-refractivity contribution is 7.47. The van der Waals surface area contributed by atoms with E-state index in [1.54, 1.807) is 7.05 Å². The second kappa shape index (κ2) is 38.2. The largest absolute Gasteiger partial charge is 0.472 e. The molecule has 0 fully saturated rings. The molecule has 0 radical (unpaired) electrons. The fraction of sp³-hybridized carbons (Fsp3) is 0.667. The molecular formula is C42H72NO8P. The van der Waals surface area contributed by atoms with Gasteiger partial charge in [-0.1, -0.05) is 125 Å². The molecule has 2 atom stereocenters. The zero-order valence-corrected chi connectivity index (χ0v) is 33.6. The molecule has 0 aliphatic rings. The van der Waals surface area contributed by atoms with Gasteiger partial charge in [-0.05, 0) is 84.1 Å². The summed E-state index contributed by atoms with van der Waals surface area (Å²) >= 11 is 0. The Kier molecular flexibility index (Phi) is 36.3. The van der Waals surface area contributed by atoms with E-state index in [0.717, 1.165) is 103 Å². The van der Waals surface area contributed by atoms with Gasteiger partial charge in [0.15, 0.2) is 6.10 Å². The zero-order valence-electron chi connectivity index (χ0n) is 32.7. The third kappa shape index (κ3) is 37.2. The molecule has 0 amide bonds. The van der Waals surface area contributed by atoms with Crippen LogP contribution in [0.25, 0.3) is 0 Å². The molecule has 0 aliphatic heterocycles. The van der Waals surface area contributed by atoms with E-state index in [9.17, 15) is 19.0 Å². The average Bonchev–Trinajstić information content (AvgIpc) is 3.12. The predicted octanol–water partition coefficient (Wildman–Crippen LogP) is 11.0. The monoisotopic (exact) mass is 749 g/mol. The van der Waals surface area contributed by atoms with Crippen LogP contribution in [0.3, 0.4) is 0 Å². The van der Waals surface area contributed by atoms with Gasteiger partial charge in [0.25, 0.3) is 0 Å². The summed E-state index contributed by atoms with van der Waals surface area (Å²) in [5.74, 6) is -0.855. The number of esters is 2. The predicted molar refractivity (Wildman–Crippen MR) is 215 cm³/mol. The highest BCUT2D eigenvalue weighted by atomic mass is 31.2. The Morgan fingerprint density at radius 1 is 0.596 bits per heavy atom. The number of allylic oxidation sites excluding steroid dienone is 12. The molecule has 0 aliphatic carbocycles. The van der Waals surface area contributed by atoms with Crippen molar-refractivity contribution in [1.29, 1.82) is 0 Å². The quantitative estimate of drug-likeness (QED) is 0.0279. The molecule has 2 N–H and O–H groups in total. The Morgan fingerprint density at radius 2 is 1.04 bits per heavy atom. The Bertz CT molecular complexity index is 1080. The SMILES string of the molecule is CC/C=C\C/C=C\C/C=C\CCCCCCCC(=O)OCC(COP(=O)(O)OCCNC)OC(=O)CCCCCCC/C=C\C/C=C\C/C=C\CC. The number of carbonyl (C=O) groups excluding carboxylic acids is 2. The van der Waals surface area contributed by atoms with E-state index in [1.165, 1.54) is 0 Å². The minimum atomic E-state index is -4.36. The highest BCUT2D eigenvalue weighted by Crippen LogP contribution is 2.43. The van der Waals surface area contributed by atoms with Gasteiger partial charge in [-0.25, -0.2) is 4.57 Å². The van der Waals surface area contributed by atoms with E-state index in [1.807, 2.05) is 0 Å². The number of ether oxygens (including phenoxy) is 2. The lowest BCUT2D eigenvalue weighted by molar-refractivity contribution is -0.161. The van der Waals surface area contributed by atoms with Crippen molar-refractivity contribution in [1.82, 2.24) is 5.32 Å². The smallest absolute Gasteiger partial charge is 0.462 e. The summed E-state index contributed by atoms with van der Waals surface area (Å²) in [6.45, 7) is 3.93. The van der Waals surface area contributed by atoms with Crippen LogP contribution < -0.4 is 5.32 Å². The van der Waals surface area contributed by atoms with Crippen molar-refractivity contribution in [3.63, 3.8) is 0 Å². The zero-order chi connectivity index (χ0) is 38.2. The molecule has 0 saturated heterocycles. The summed E-state index contributed by atoms with van der Waals surface area (Å²) in [6.07, 6.45) is 43.7. The maximum Gasteiger partial charge on any atom is 0.472 e. The van der Waals surface area contributed by atoms with Crippen LogP contribution in [0, 0.1) is 0 Å². The molecule has 10 heteroatoms. The Labute approximate surface area is 316 Å². The number of unbranched alkanes of at least 4 members (excludes halogenated alkanes) is 10. The number of hydrogen-bond acceptors (Lipinski definition) is 8. The first-order valence-electron chi connectivity index (χ1n) is 19.9.